The Kier molecular flexibility index (Phi) is 6.53. The number of hydrogen-bond acceptors (Lipinski definition) is 7. The molecule has 9 heteroatoms. The minimum atomic E-state index is -1.36. The molecule has 1 saturated heterocycles. The molecule has 1 aliphatic heterocycles. The molecular formula is C29H30FN5O3. The summed E-state index contributed by atoms with van der Waals surface area (Å²) in [4.78, 5) is 23.5. The molecule has 3 aromatic rings. The number of aliphatic hydroxyl groups is 1. The number of anilines is 1. The van der Waals surface area contributed by atoms with E-state index in [1.54, 1.807) is 44.3 Å². The van der Waals surface area contributed by atoms with Gasteiger partial charge in [-0.3, -0.25) is 4.79 Å². The molecule has 5 rings (SSSR count). The van der Waals surface area contributed by atoms with Gasteiger partial charge >= 0.3 is 0 Å². The van der Waals surface area contributed by atoms with Crippen molar-refractivity contribution in [1.82, 2.24) is 15.3 Å². The molecule has 1 aliphatic carbocycles. The van der Waals surface area contributed by atoms with Crippen LogP contribution in [0.5, 0.6) is 5.88 Å². The smallest absolute Gasteiger partial charge is 0.270 e. The van der Waals surface area contributed by atoms with Crippen LogP contribution in [0.4, 0.5) is 10.1 Å². The molecule has 2 N–H and O–H groups in total. The van der Waals surface area contributed by atoms with Crippen LogP contribution in [0.2, 0.25) is 0 Å². The molecule has 196 valence electrons. The Hall–Kier alpha value is -4.03. The highest BCUT2D eigenvalue weighted by Crippen LogP contribution is 2.58. The highest BCUT2D eigenvalue weighted by molar-refractivity contribution is 5.93. The van der Waals surface area contributed by atoms with Crippen LogP contribution in [0.25, 0.3) is 11.1 Å². The van der Waals surface area contributed by atoms with E-state index >= 15 is 0 Å². The van der Waals surface area contributed by atoms with E-state index in [1.807, 2.05) is 11.0 Å². The molecule has 2 atom stereocenters. The van der Waals surface area contributed by atoms with Crippen molar-refractivity contribution in [3.05, 3.63) is 71.4 Å². The topological polar surface area (TPSA) is 111 Å². The maximum atomic E-state index is 14.4. The van der Waals surface area contributed by atoms with E-state index in [0.717, 1.165) is 18.4 Å². The van der Waals surface area contributed by atoms with Gasteiger partial charge in [-0.05, 0) is 86.6 Å². The van der Waals surface area contributed by atoms with Gasteiger partial charge in [-0.15, -0.1) is 0 Å². The van der Waals surface area contributed by atoms with Gasteiger partial charge in [0.05, 0.1) is 13.2 Å². The monoisotopic (exact) mass is 515 g/mol. The minimum Gasteiger partial charge on any atom is -0.481 e. The van der Waals surface area contributed by atoms with Crippen molar-refractivity contribution in [1.29, 1.82) is 5.26 Å². The Labute approximate surface area is 221 Å². The fourth-order valence-corrected chi connectivity index (χ4v) is 5.57. The van der Waals surface area contributed by atoms with Crippen molar-refractivity contribution in [2.24, 2.45) is 11.3 Å². The van der Waals surface area contributed by atoms with Gasteiger partial charge < -0.3 is 20.1 Å². The van der Waals surface area contributed by atoms with Gasteiger partial charge in [-0.1, -0.05) is 0 Å². The molecular weight excluding hydrogens is 485 g/mol. The number of benzene rings is 1. The van der Waals surface area contributed by atoms with Crippen LogP contribution in [0.15, 0.2) is 48.7 Å². The predicted molar refractivity (Wildman–Crippen MR) is 140 cm³/mol. The zero-order chi connectivity index (χ0) is 27.1. The number of carbonyl (C=O) groups is 1. The second-order valence-electron chi connectivity index (χ2n) is 10.3. The Morgan fingerprint density at radius 3 is 2.71 bits per heavy atom. The summed E-state index contributed by atoms with van der Waals surface area (Å²) in [7, 11) is 1.53. The van der Waals surface area contributed by atoms with Gasteiger partial charge in [0.15, 0.2) is 5.72 Å². The van der Waals surface area contributed by atoms with Crippen LogP contribution >= 0.6 is 0 Å². The van der Waals surface area contributed by atoms with E-state index < -0.39 is 22.9 Å². The first kappa shape index (κ1) is 25.6. The van der Waals surface area contributed by atoms with E-state index in [9.17, 15) is 19.6 Å². The number of methoxy groups -OCH3 is 1. The third-order valence-electron chi connectivity index (χ3n) is 7.75. The Bertz CT molecular complexity index is 1410. The van der Waals surface area contributed by atoms with Crippen LogP contribution in [-0.2, 0) is 6.54 Å². The van der Waals surface area contributed by atoms with Crippen molar-refractivity contribution in [2.75, 3.05) is 18.6 Å². The quantitative estimate of drug-likeness (QED) is 0.481. The average Bonchev–Trinajstić information content (AvgIpc) is 3.71. The molecule has 1 aromatic carbocycles. The number of rotatable bonds is 7. The Morgan fingerprint density at radius 2 is 2.05 bits per heavy atom. The lowest BCUT2D eigenvalue weighted by Crippen LogP contribution is -2.52. The number of hydrogen-bond donors (Lipinski definition) is 2. The number of nitrogens with one attached hydrogen (secondary N) is 1. The molecule has 2 aliphatic rings. The maximum Gasteiger partial charge on any atom is 0.270 e. The summed E-state index contributed by atoms with van der Waals surface area (Å²) in [5.41, 5.74) is 1.19. The van der Waals surface area contributed by atoms with Gasteiger partial charge in [-0.25, -0.2) is 14.4 Å². The summed E-state index contributed by atoms with van der Waals surface area (Å²) in [5.74, 6) is -0.196. The van der Waals surface area contributed by atoms with E-state index in [4.69, 9.17) is 4.74 Å². The molecule has 2 unspecified atom stereocenters. The van der Waals surface area contributed by atoms with Gasteiger partial charge in [0, 0.05) is 42.3 Å². The van der Waals surface area contributed by atoms with E-state index in [0.29, 0.717) is 41.4 Å². The number of aromatic nitrogens is 2. The lowest BCUT2D eigenvalue weighted by atomic mass is 9.75. The summed E-state index contributed by atoms with van der Waals surface area (Å²) in [6, 6.07) is 13.9. The van der Waals surface area contributed by atoms with E-state index in [1.165, 1.54) is 19.2 Å². The van der Waals surface area contributed by atoms with Crippen LogP contribution in [0, 0.1) is 35.4 Å². The Balaban J connectivity index is 1.34. The molecule has 2 fully saturated rings. The molecule has 3 heterocycles. The van der Waals surface area contributed by atoms with Gasteiger partial charge in [0.1, 0.15) is 16.9 Å². The van der Waals surface area contributed by atoms with E-state index in [2.05, 4.69) is 21.4 Å². The largest absolute Gasteiger partial charge is 0.481 e. The van der Waals surface area contributed by atoms with Crippen LogP contribution in [0.3, 0.4) is 0 Å². The molecule has 0 bridgehead atoms. The summed E-state index contributed by atoms with van der Waals surface area (Å²) in [5, 5.41) is 24.3. The number of pyridine rings is 2. The SMILES string of the molecule is COc1ccc(-c2cc(F)cc(CNC(=O)c3cc(N4CCC(C#N)(C5CC5)C4(C)O)cc(C)n3)c2)cn1. The van der Waals surface area contributed by atoms with Crippen molar-refractivity contribution in [2.45, 2.75) is 45.4 Å². The molecule has 1 amide bonds. The van der Waals surface area contributed by atoms with Crippen molar-refractivity contribution in [3.8, 4) is 23.1 Å². The maximum absolute atomic E-state index is 14.4. The molecule has 0 spiro atoms. The van der Waals surface area contributed by atoms with Gasteiger partial charge in [0.2, 0.25) is 5.88 Å². The number of aryl methyl sites for hydroxylation is 1. The van der Waals surface area contributed by atoms with Crippen LogP contribution in [0.1, 0.15) is 47.9 Å². The summed E-state index contributed by atoms with van der Waals surface area (Å²) >= 11 is 0. The standard InChI is InChI=1S/C29H30FN5O3/c1-18-10-24(35-9-8-29(17-31,22-5-6-22)28(35,2)37)14-25(34-18)27(36)33-15-19-11-21(13-23(30)12-19)20-4-7-26(38-3)32-16-20/h4,7,10-14,16,22,37H,5-6,8-9,15H2,1-3H3,(H,33,36). The molecule has 8 nitrogen and oxygen atoms in total. The highest BCUT2D eigenvalue weighted by atomic mass is 19.1. The second-order valence-corrected chi connectivity index (χ2v) is 10.3. The highest BCUT2D eigenvalue weighted by Gasteiger charge is 2.63. The molecule has 1 saturated carbocycles. The summed E-state index contributed by atoms with van der Waals surface area (Å²) in [6.07, 6.45) is 4.05. The van der Waals surface area contributed by atoms with Gasteiger partial charge in [0.25, 0.3) is 5.91 Å². The van der Waals surface area contributed by atoms with Crippen molar-refractivity contribution < 1.29 is 19.0 Å². The zero-order valence-electron chi connectivity index (χ0n) is 21.7. The van der Waals surface area contributed by atoms with E-state index in [-0.39, 0.29) is 18.2 Å². The first-order valence-electron chi connectivity index (χ1n) is 12.6. The molecule has 2 aromatic heterocycles. The van der Waals surface area contributed by atoms with Crippen LogP contribution in [-0.4, -0.2) is 40.4 Å². The normalized spacial score (nSPS) is 22.7. The number of halogens is 1. The minimum absolute atomic E-state index is 0.0960. The fraction of sp³-hybridized carbons (Fsp3) is 0.379. The number of carbonyl (C=O) groups excluding carboxylic acids is 1. The zero-order valence-corrected chi connectivity index (χ0v) is 21.7. The lowest BCUT2D eigenvalue weighted by molar-refractivity contribution is -0.0238. The van der Waals surface area contributed by atoms with Crippen molar-refractivity contribution in [3.63, 3.8) is 0 Å². The first-order chi connectivity index (χ1) is 18.2. The molecule has 0 radical (unpaired) electrons. The van der Waals surface area contributed by atoms with Gasteiger partial charge in [-0.2, -0.15) is 5.26 Å². The number of amides is 1. The summed E-state index contributed by atoms with van der Waals surface area (Å²) in [6.45, 7) is 4.08. The third kappa shape index (κ3) is 4.56. The van der Waals surface area contributed by atoms with Crippen molar-refractivity contribution >= 4 is 11.6 Å². The molecule has 38 heavy (non-hydrogen) atoms. The van der Waals surface area contributed by atoms with Crippen LogP contribution < -0.4 is 15.0 Å². The number of ether oxygens (including phenoxy) is 1. The predicted octanol–water partition coefficient (Wildman–Crippen LogP) is 4.37. The summed E-state index contributed by atoms with van der Waals surface area (Å²) < 4.78 is 19.5. The first-order valence-corrected chi connectivity index (χ1v) is 12.6. The number of nitrogens with zero attached hydrogens (tertiary/aromatic N) is 4. The fourth-order valence-electron chi connectivity index (χ4n) is 5.57. The number of nitriles is 1. The second kappa shape index (κ2) is 9.69. The lowest BCUT2D eigenvalue weighted by Gasteiger charge is -2.40. The Morgan fingerprint density at radius 1 is 1.26 bits per heavy atom. The average molecular weight is 516 g/mol. The third-order valence-corrected chi connectivity index (χ3v) is 7.75.